The molecule has 27 heavy (non-hydrogen) atoms. The van der Waals surface area contributed by atoms with Crippen LogP contribution in [-0.4, -0.2) is 52.3 Å². The number of carbonyl (C=O) groups excluding carboxylic acids is 1. The summed E-state index contributed by atoms with van der Waals surface area (Å²) >= 11 is 0. The summed E-state index contributed by atoms with van der Waals surface area (Å²) < 4.78 is 7.29. The van der Waals surface area contributed by atoms with E-state index in [2.05, 4.69) is 0 Å². The van der Waals surface area contributed by atoms with E-state index < -0.39 is 12.0 Å². The van der Waals surface area contributed by atoms with Gasteiger partial charge in [-0.25, -0.2) is 4.79 Å². The maximum atomic E-state index is 13.2. The number of para-hydroxylation sites is 1. The van der Waals surface area contributed by atoms with Gasteiger partial charge in [0, 0.05) is 30.2 Å². The second-order valence-electron chi connectivity index (χ2n) is 6.60. The van der Waals surface area contributed by atoms with Crippen molar-refractivity contribution in [3.05, 3.63) is 71.9 Å². The molecule has 1 amide bonds. The van der Waals surface area contributed by atoms with Crippen molar-refractivity contribution in [2.45, 2.75) is 12.6 Å². The van der Waals surface area contributed by atoms with Crippen molar-refractivity contribution < 1.29 is 19.4 Å². The molecule has 1 aromatic heterocycles. The SMILES string of the molecule is O=C(O)[C@H]1COCCN1C(=O)c1cn(Cc2ccccc2)c2ccccc12. The molecule has 138 valence electrons. The molecule has 1 aliphatic rings. The summed E-state index contributed by atoms with van der Waals surface area (Å²) in [6.07, 6.45) is 1.83. The van der Waals surface area contributed by atoms with Crippen LogP contribution in [0.3, 0.4) is 0 Å². The van der Waals surface area contributed by atoms with Gasteiger partial charge in [-0.1, -0.05) is 48.5 Å². The molecule has 2 aromatic carbocycles. The van der Waals surface area contributed by atoms with Gasteiger partial charge in [0.2, 0.25) is 0 Å². The van der Waals surface area contributed by atoms with E-state index in [0.29, 0.717) is 18.7 Å². The van der Waals surface area contributed by atoms with Gasteiger partial charge in [0.15, 0.2) is 6.04 Å². The Bertz CT molecular complexity index is 980. The molecule has 6 heteroatoms. The maximum absolute atomic E-state index is 13.2. The largest absolute Gasteiger partial charge is 0.480 e. The zero-order chi connectivity index (χ0) is 18.8. The number of rotatable bonds is 4. The normalized spacial score (nSPS) is 17.2. The Morgan fingerprint density at radius 1 is 1.07 bits per heavy atom. The molecule has 0 bridgehead atoms. The van der Waals surface area contributed by atoms with Crippen LogP contribution < -0.4 is 0 Å². The van der Waals surface area contributed by atoms with Crippen LogP contribution in [0.2, 0.25) is 0 Å². The first-order valence-corrected chi connectivity index (χ1v) is 8.88. The Hall–Kier alpha value is -3.12. The van der Waals surface area contributed by atoms with Crippen molar-refractivity contribution in [2.75, 3.05) is 19.8 Å². The number of benzene rings is 2. The molecule has 0 radical (unpaired) electrons. The number of carboxylic acids is 1. The molecular weight excluding hydrogens is 344 g/mol. The highest BCUT2D eigenvalue weighted by atomic mass is 16.5. The lowest BCUT2D eigenvalue weighted by atomic mass is 10.1. The molecule has 4 rings (SSSR count). The number of morpholine rings is 1. The lowest BCUT2D eigenvalue weighted by Crippen LogP contribution is -2.52. The van der Waals surface area contributed by atoms with E-state index in [0.717, 1.165) is 16.5 Å². The van der Waals surface area contributed by atoms with Crippen molar-refractivity contribution in [1.29, 1.82) is 0 Å². The number of hydrogen-bond acceptors (Lipinski definition) is 3. The minimum absolute atomic E-state index is 0.0176. The Morgan fingerprint density at radius 2 is 1.81 bits per heavy atom. The summed E-state index contributed by atoms with van der Waals surface area (Å²) in [5, 5.41) is 10.3. The average Bonchev–Trinajstić information content (AvgIpc) is 3.07. The number of carboxylic acid groups (broad SMARTS) is 1. The second kappa shape index (κ2) is 7.25. The predicted octanol–water partition coefficient (Wildman–Crippen LogP) is 2.62. The van der Waals surface area contributed by atoms with Crippen molar-refractivity contribution in [2.24, 2.45) is 0 Å². The number of amides is 1. The van der Waals surface area contributed by atoms with Crippen molar-refractivity contribution in [3.8, 4) is 0 Å². The van der Waals surface area contributed by atoms with E-state index in [-0.39, 0.29) is 19.1 Å². The van der Waals surface area contributed by atoms with Gasteiger partial charge in [0.1, 0.15) is 0 Å². The summed E-state index contributed by atoms with van der Waals surface area (Å²) in [6, 6.07) is 16.8. The highest BCUT2D eigenvalue weighted by Gasteiger charge is 2.34. The molecule has 0 aliphatic carbocycles. The number of nitrogens with zero attached hydrogens (tertiary/aromatic N) is 2. The molecule has 0 saturated carbocycles. The van der Waals surface area contributed by atoms with Crippen molar-refractivity contribution in [3.63, 3.8) is 0 Å². The summed E-state index contributed by atoms with van der Waals surface area (Å²) in [7, 11) is 0. The molecule has 1 fully saturated rings. The summed E-state index contributed by atoms with van der Waals surface area (Å²) in [4.78, 5) is 26.1. The molecule has 6 nitrogen and oxygen atoms in total. The molecule has 3 aromatic rings. The highest BCUT2D eigenvalue weighted by Crippen LogP contribution is 2.25. The molecule has 0 unspecified atom stereocenters. The second-order valence-corrected chi connectivity index (χ2v) is 6.60. The van der Waals surface area contributed by atoms with Gasteiger partial charge >= 0.3 is 5.97 Å². The van der Waals surface area contributed by atoms with Crippen molar-refractivity contribution in [1.82, 2.24) is 9.47 Å². The lowest BCUT2D eigenvalue weighted by molar-refractivity contribution is -0.147. The summed E-state index contributed by atoms with van der Waals surface area (Å²) in [6.45, 7) is 1.27. The third-order valence-corrected chi connectivity index (χ3v) is 4.89. The van der Waals surface area contributed by atoms with Crippen LogP contribution in [0.1, 0.15) is 15.9 Å². The molecule has 2 heterocycles. The van der Waals surface area contributed by atoms with Gasteiger partial charge in [-0.05, 0) is 11.6 Å². The molecule has 1 atom stereocenters. The van der Waals surface area contributed by atoms with E-state index >= 15 is 0 Å². The number of ether oxygens (including phenoxy) is 1. The maximum Gasteiger partial charge on any atom is 0.328 e. The standard InChI is InChI=1S/C21H20N2O4/c24-20(23-10-11-27-14-19(23)21(25)26)17-13-22(12-15-6-2-1-3-7-15)18-9-5-4-8-16(17)18/h1-9,13,19H,10-12,14H2,(H,25,26)/t19-/m1/s1. The fourth-order valence-corrected chi connectivity index (χ4v) is 3.53. The fraction of sp³-hybridized carbons (Fsp3) is 0.238. The van der Waals surface area contributed by atoms with E-state index in [1.807, 2.05) is 65.4 Å². The topological polar surface area (TPSA) is 71.8 Å². The van der Waals surface area contributed by atoms with Crippen LogP contribution in [0.5, 0.6) is 0 Å². The molecule has 1 saturated heterocycles. The zero-order valence-electron chi connectivity index (χ0n) is 14.7. The number of fused-ring (bicyclic) bond motifs is 1. The Kier molecular flexibility index (Phi) is 4.64. The van der Waals surface area contributed by atoms with Crippen LogP contribution in [0.15, 0.2) is 60.8 Å². The van der Waals surface area contributed by atoms with Crippen LogP contribution in [0, 0.1) is 0 Å². The fourth-order valence-electron chi connectivity index (χ4n) is 3.53. The highest BCUT2D eigenvalue weighted by molar-refractivity contribution is 6.08. The van der Waals surface area contributed by atoms with E-state index in [9.17, 15) is 14.7 Å². The van der Waals surface area contributed by atoms with Crippen molar-refractivity contribution >= 4 is 22.8 Å². The molecular formula is C21H20N2O4. The molecule has 1 aliphatic heterocycles. The Morgan fingerprint density at radius 3 is 2.59 bits per heavy atom. The van der Waals surface area contributed by atoms with Gasteiger partial charge in [0.25, 0.3) is 5.91 Å². The van der Waals surface area contributed by atoms with Gasteiger partial charge in [-0.2, -0.15) is 0 Å². The summed E-state index contributed by atoms with van der Waals surface area (Å²) in [5.41, 5.74) is 2.60. The van der Waals surface area contributed by atoms with Gasteiger partial charge in [0.05, 0.1) is 18.8 Å². The molecule has 0 spiro atoms. The van der Waals surface area contributed by atoms with Crippen LogP contribution in [0.4, 0.5) is 0 Å². The number of aliphatic carboxylic acids is 1. The predicted molar refractivity (Wildman–Crippen MR) is 101 cm³/mol. The first-order chi connectivity index (χ1) is 13.1. The zero-order valence-corrected chi connectivity index (χ0v) is 14.7. The average molecular weight is 364 g/mol. The van der Waals surface area contributed by atoms with E-state index in [1.54, 1.807) is 0 Å². The van der Waals surface area contributed by atoms with Crippen LogP contribution in [0.25, 0.3) is 10.9 Å². The smallest absolute Gasteiger partial charge is 0.328 e. The Balaban J connectivity index is 1.73. The first-order valence-electron chi connectivity index (χ1n) is 8.88. The first kappa shape index (κ1) is 17.3. The van der Waals surface area contributed by atoms with Crippen LogP contribution >= 0.6 is 0 Å². The third kappa shape index (κ3) is 3.31. The van der Waals surface area contributed by atoms with Gasteiger partial charge < -0.3 is 19.3 Å². The van der Waals surface area contributed by atoms with Gasteiger partial charge in [-0.3, -0.25) is 4.79 Å². The van der Waals surface area contributed by atoms with Gasteiger partial charge in [-0.15, -0.1) is 0 Å². The number of carbonyl (C=O) groups is 2. The quantitative estimate of drug-likeness (QED) is 0.772. The molecule has 1 N–H and O–H groups in total. The van der Waals surface area contributed by atoms with Crippen LogP contribution in [-0.2, 0) is 16.1 Å². The third-order valence-electron chi connectivity index (χ3n) is 4.89. The lowest BCUT2D eigenvalue weighted by Gasteiger charge is -2.32. The minimum Gasteiger partial charge on any atom is -0.480 e. The minimum atomic E-state index is -1.05. The van der Waals surface area contributed by atoms with E-state index in [4.69, 9.17) is 4.74 Å². The number of hydrogen-bond donors (Lipinski definition) is 1. The Labute approximate surface area is 156 Å². The summed E-state index contributed by atoms with van der Waals surface area (Å²) in [5.74, 6) is -1.32. The van der Waals surface area contributed by atoms with E-state index in [1.165, 1.54) is 4.90 Å². The monoisotopic (exact) mass is 364 g/mol. The number of aromatic nitrogens is 1.